The molecule has 114 valence electrons. The van der Waals surface area contributed by atoms with E-state index in [1.54, 1.807) is 31.1 Å². The van der Waals surface area contributed by atoms with Gasteiger partial charge in [-0.15, -0.1) is 0 Å². The summed E-state index contributed by atoms with van der Waals surface area (Å²) >= 11 is 0. The lowest BCUT2D eigenvalue weighted by molar-refractivity contribution is -0.158. The van der Waals surface area contributed by atoms with Crippen LogP contribution in [0.5, 0.6) is 5.75 Å². The lowest BCUT2D eigenvalue weighted by Crippen LogP contribution is -2.41. The van der Waals surface area contributed by atoms with Crippen molar-refractivity contribution < 1.29 is 19.1 Å². The fraction of sp³-hybridized carbons (Fsp3) is 0.500. The van der Waals surface area contributed by atoms with Gasteiger partial charge in [0.2, 0.25) is 5.91 Å². The molecular formula is C16H21NO4. The molecule has 0 bridgehead atoms. The normalized spacial score (nSPS) is 21.5. The first-order chi connectivity index (χ1) is 10.1. The van der Waals surface area contributed by atoms with E-state index in [9.17, 15) is 9.59 Å². The number of esters is 1. The Labute approximate surface area is 124 Å². The van der Waals surface area contributed by atoms with Crippen molar-refractivity contribution in [1.29, 1.82) is 0 Å². The number of amides is 1. The van der Waals surface area contributed by atoms with Gasteiger partial charge >= 0.3 is 5.97 Å². The van der Waals surface area contributed by atoms with E-state index in [0.717, 1.165) is 11.4 Å². The maximum absolute atomic E-state index is 12.7. The standard InChI is InChI=1S/C16H21NO4/c1-4-16(15(19)21-5-2)10-11-17(14(16)18)12-6-8-13(20-3)9-7-12/h6-9H,4-5,10-11H2,1-3H3. The van der Waals surface area contributed by atoms with Gasteiger partial charge in [0.1, 0.15) is 11.2 Å². The number of hydrogen-bond acceptors (Lipinski definition) is 4. The Kier molecular flexibility index (Phi) is 4.50. The zero-order valence-electron chi connectivity index (χ0n) is 12.7. The number of hydrogen-bond donors (Lipinski definition) is 0. The second-order valence-corrected chi connectivity index (χ2v) is 5.06. The quantitative estimate of drug-likeness (QED) is 0.617. The summed E-state index contributed by atoms with van der Waals surface area (Å²) in [5.41, 5.74) is -0.254. The van der Waals surface area contributed by atoms with E-state index in [0.29, 0.717) is 19.4 Å². The predicted molar refractivity (Wildman–Crippen MR) is 79.3 cm³/mol. The molecule has 0 aromatic heterocycles. The number of carbonyl (C=O) groups is 2. The maximum Gasteiger partial charge on any atom is 0.321 e. The summed E-state index contributed by atoms with van der Waals surface area (Å²) in [5.74, 6) is 0.152. The number of methoxy groups -OCH3 is 1. The third kappa shape index (κ3) is 2.60. The number of benzene rings is 1. The van der Waals surface area contributed by atoms with Gasteiger partial charge in [0.15, 0.2) is 0 Å². The van der Waals surface area contributed by atoms with Crippen LogP contribution in [0.1, 0.15) is 26.7 Å². The molecule has 0 radical (unpaired) electrons. The summed E-state index contributed by atoms with van der Waals surface area (Å²) in [4.78, 5) is 26.6. The van der Waals surface area contributed by atoms with Crippen molar-refractivity contribution in [1.82, 2.24) is 0 Å². The Balaban J connectivity index is 2.25. The third-order valence-corrected chi connectivity index (χ3v) is 4.07. The van der Waals surface area contributed by atoms with Crippen LogP contribution in [-0.4, -0.2) is 32.1 Å². The fourth-order valence-electron chi connectivity index (χ4n) is 2.71. The van der Waals surface area contributed by atoms with Crippen molar-refractivity contribution in [2.45, 2.75) is 26.7 Å². The van der Waals surface area contributed by atoms with Gasteiger partial charge in [-0.05, 0) is 44.0 Å². The Morgan fingerprint density at radius 3 is 2.48 bits per heavy atom. The molecule has 0 aliphatic carbocycles. The van der Waals surface area contributed by atoms with Gasteiger partial charge in [-0.2, -0.15) is 0 Å². The van der Waals surface area contributed by atoms with E-state index < -0.39 is 11.4 Å². The molecule has 1 aliphatic heterocycles. The molecule has 1 saturated heterocycles. The van der Waals surface area contributed by atoms with E-state index in [1.807, 2.05) is 19.1 Å². The first-order valence-electron chi connectivity index (χ1n) is 7.22. The summed E-state index contributed by atoms with van der Waals surface area (Å²) in [5, 5.41) is 0. The van der Waals surface area contributed by atoms with E-state index in [1.165, 1.54) is 0 Å². The number of ether oxygens (including phenoxy) is 2. The van der Waals surface area contributed by atoms with Crippen molar-refractivity contribution >= 4 is 17.6 Å². The van der Waals surface area contributed by atoms with Crippen LogP contribution < -0.4 is 9.64 Å². The van der Waals surface area contributed by atoms with Gasteiger partial charge in [-0.3, -0.25) is 9.59 Å². The summed E-state index contributed by atoms with van der Waals surface area (Å²) in [7, 11) is 1.60. The number of anilines is 1. The molecule has 1 aromatic rings. The molecule has 1 heterocycles. The minimum atomic E-state index is -1.03. The van der Waals surface area contributed by atoms with Gasteiger partial charge in [-0.25, -0.2) is 0 Å². The Bertz CT molecular complexity index is 526. The molecular weight excluding hydrogens is 270 g/mol. The largest absolute Gasteiger partial charge is 0.497 e. The van der Waals surface area contributed by atoms with Gasteiger partial charge in [0.25, 0.3) is 0 Å². The zero-order valence-corrected chi connectivity index (χ0v) is 12.7. The smallest absolute Gasteiger partial charge is 0.321 e. The molecule has 21 heavy (non-hydrogen) atoms. The molecule has 1 atom stereocenters. The lowest BCUT2D eigenvalue weighted by Gasteiger charge is -2.24. The van der Waals surface area contributed by atoms with E-state index in [4.69, 9.17) is 9.47 Å². The minimum absolute atomic E-state index is 0.173. The topological polar surface area (TPSA) is 55.8 Å². The average Bonchev–Trinajstić information content (AvgIpc) is 2.85. The highest BCUT2D eigenvalue weighted by Gasteiger charge is 2.52. The molecule has 1 unspecified atom stereocenters. The molecule has 1 amide bonds. The molecule has 5 nitrogen and oxygen atoms in total. The van der Waals surface area contributed by atoms with Crippen molar-refractivity contribution in [2.24, 2.45) is 5.41 Å². The minimum Gasteiger partial charge on any atom is -0.497 e. The first kappa shape index (κ1) is 15.4. The van der Waals surface area contributed by atoms with Crippen LogP contribution in [-0.2, 0) is 14.3 Å². The molecule has 2 rings (SSSR count). The highest BCUT2D eigenvalue weighted by molar-refractivity contribution is 6.12. The summed E-state index contributed by atoms with van der Waals surface area (Å²) < 4.78 is 10.2. The molecule has 1 fully saturated rings. The first-order valence-corrected chi connectivity index (χ1v) is 7.22. The van der Waals surface area contributed by atoms with Crippen LogP contribution in [0.25, 0.3) is 0 Å². The van der Waals surface area contributed by atoms with Crippen LogP contribution in [0.3, 0.4) is 0 Å². The Morgan fingerprint density at radius 2 is 1.95 bits per heavy atom. The second-order valence-electron chi connectivity index (χ2n) is 5.06. The Hall–Kier alpha value is -2.04. The van der Waals surface area contributed by atoms with Crippen LogP contribution in [0, 0.1) is 5.41 Å². The fourth-order valence-corrected chi connectivity index (χ4v) is 2.71. The third-order valence-electron chi connectivity index (χ3n) is 4.07. The highest BCUT2D eigenvalue weighted by atomic mass is 16.5. The maximum atomic E-state index is 12.7. The Morgan fingerprint density at radius 1 is 1.29 bits per heavy atom. The predicted octanol–water partition coefficient (Wildman–Crippen LogP) is 2.39. The monoisotopic (exact) mass is 291 g/mol. The highest BCUT2D eigenvalue weighted by Crippen LogP contribution is 2.39. The van der Waals surface area contributed by atoms with Crippen molar-refractivity contribution in [3.05, 3.63) is 24.3 Å². The summed E-state index contributed by atoms with van der Waals surface area (Å²) in [6, 6.07) is 7.26. The zero-order chi connectivity index (χ0) is 15.5. The number of nitrogens with zero attached hydrogens (tertiary/aromatic N) is 1. The number of carbonyl (C=O) groups excluding carboxylic acids is 2. The van der Waals surface area contributed by atoms with E-state index >= 15 is 0 Å². The van der Waals surface area contributed by atoms with Gasteiger partial charge in [-0.1, -0.05) is 6.92 Å². The second kappa shape index (κ2) is 6.16. The average molecular weight is 291 g/mol. The summed E-state index contributed by atoms with van der Waals surface area (Å²) in [6.07, 6.45) is 0.949. The van der Waals surface area contributed by atoms with Gasteiger partial charge < -0.3 is 14.4 Å². The molecule has 1 aliphatic rings. The number of rotatable bonds is 5. The van der Waals surface area contributed by atoms with Crippen molar-refractivity contribution in [2.75, 3.05) is 25.2 Å². The van der Waals surface area contributed by atoms with Gasteiger partial charge in [0, 0.05) is 12.2 Å². The molecule has 5 heteroatoms. The van der Waals surface area contributed by atoms with Gasteiger partial charge in [0.05, 0.1) is 13.7 Å². The molecule has 0 N–H and O–H groups in total. The van der Waals surface area contributed by atoms with Crippen LogP contribution >= 0.6 is 0 Å². The SMILES string of the molecule is CCOC(=O)C1(CC)CCN(c2ccc(OC)cc2)C1=O. The van der Waals surface area contributed by atoms with E-state index in [2.05, 4.69) is 0 Å². The van der Waals surface area contributed by atoms with Crippen LogP contribution in [0.4, 0.5) is 5.69 Å². The molecule has 1 aromatic carbocycles. The van der Waals surface area contributed by atoms with Crippen molar-refractivity contribution in [3.63, 3.8) is 0 Å². The van der Waals surface area contributed by atoms with Crippen molar-refractivity contribution in [3.8, 4) is 5.75 Å². The lowest BCUT2D eigenvalue weighted by atomic mass is 9.83. The molecule has 0 saturated carbocycles. The van der Waals surface area contributed by atoms with Crippen LogP contribution in [0.2, 0.25) is 0 Å². The van der Waals surface area contributed by atoms with Crippen LogP contribution in [0.15, 0.2) is 24.3 Å². The summed E-state index contributed by atoms with van der Waals surface area (Å²) in [6.45, 7) is 4.42. The molecule has 0 spiro atoms. The van der Waals surface area contributed by atoms with E-state index in [-0.39, 0.29) is 12.5 Å².